The smallest absolute Gasteiger partial charge is 0.147 e. The van der Waals surface area contributed by atoms with E-state index in [4.69, 9.17) is 5.73 Å². The molecule has 2 aromatic rings. The molecular formula is C16H21N3S. The van der Waals surface area contributed by atoms with Crippen LogP contribution in [0.4, 0.5) is 10.8 Å². The highest BCUT2D eigenvalue weighted by Crippen LogP contribution is 2.37. The summed E-state index contributed by atoms with van der Waals surface area (Å²) in [5, 5.41) is 4.69. The number of nitrogens with two attached hydrogens (primary N) is 1. The van der Waals surface area contributed by atoms with Crippen molar-refractivity contribution in [1.82, 2.24) is 4.37 Å². The monoisotopic (exact) mass is 287 g/mol. The zero-order valence-electron chi connectivity index (χ0n) is 11.6. The van der Waals surface area contributed by atoms with E-state index in [0.29, 0.717) is 5.82 Å². The van der Waals surface area contributed by atoms with Crippen LogP contribution in [-0.2, 0) is 0 Å². The Bertz CT molecular complexity index is 544. The highest BCUT2D eigenvalue weighted by atomic mass is 32.1. The molecule has 3 nitrogen and oxygen atoms in total. The highest BCUT2D eigenvalue weighted by Gasteiger charge is 2.17. The maximum atomic E-state index is 6.04. The van der Waals surface area contributed by atoms with Gasteiger partial charge in [0.05, 0.1) is 5.56 Å². The van der Waals surface area contributed by atoms with Crippen LogP contribution in [-0.4, -0.2) is 10.9 Å². The second-order valence-corrected chi connectivity index (χ2v) is 6.30. The van der Waals surface area contributed by atoms with Gasteiger partial charge in [-0.2, -0.15) is 4.37 Å². The molecule has 1 aliphatic rings. The van der Waals surface area contributed by atoms with Crippen molar-refractivity contribution in [2.24, 2.45) is 5.92 Å². The molecule has 1 aromatic heterocycles. The van der Waals surface area contributed by atoms with Gasteiger partial charge in [0.25, 0.3) is 0 Å². The van der Waals surface area contributed by atoms with Gasteiger partial charge < -0.3 is 11.1 Å². The largest absolute Gasteiger partial charge is 0.382 e. The number of nitrogens with one attached hydrogen (secondary N) is 1. The van der Waals surface area contributed by atoms with Gasteiger partial charge in [-0.05, 0) is 35.9 Å². The molecule has 0 atom stereocenters. The molecule has 0 unspecified atom stereocenters. The van der Waals surface area contributed by atoms with Crippen LogP contribution in [0.2, 0.25) is 0 Å². The molecule has 1 saturated carbocycles. The highest BCUT2D eigenvalue weighted by molar-refractivity contribution is 7.11. The number of rotatable bonds is 4. The molecule has 4 heteroatoms. The average Bonchev–Trinajstić information content (AvgIpc) is 2.88. The summed E-state index contributed by atoms with van der Waals surface area (Å²) in [4.78, 5) is 0. The van der Waals surface area contributed by atoms with E-state index in [0.717, 1.165) is 28.6 Å². The van der Waals surface area contributed by atoms with E-state index in [1.54, 1.807) is 0 Å². The molecule has 106 valence electrons. The number of nitrogens with zero attached hydrogens (tertiary/aromatic N) is 1. The van der Waals surface area contributed by atoms with E-state index < -0.39 is 0 Å². The van der Waals surface area contributed by atoms with E-state index in [1.165, 1.54) is 43.6 Å². The molecule has 1 aromatic carbocycles. The van der Waals surface area contributed by atoms with Crippen LogP contribution >= 0.6 is 11.5 Å². The molecule has 0 radical (unpaired) electrons. The summed E-state index contributed by atoms with van der Waals surface area (Å²) in [7, 11) is 0. The fourth-order valence-corrected chi connectivity index (χ4v) is 3.68. The topological polar surface area (TPSA) is 50.9 Å². The molecule has 0 aliphatic heterocycles. The van der Waals surface area contributed by atoms with Crippen LogP contribution in [0.3, 0.4) is 0 Å². The van der Waals surface area contributed by atoms with Crippen molar-refractivity contribution >= 4 is 22.4 Å². The molecule has 0 bridgehead atoms. The van der Waals surface area contributed by atoms with Crippen LogP contribution < -0.4 is 11.1 Å². The lowest BCUT2D eigenvalue weighted by Gasteiger charge is -2.22. The minimum Gasteiger partial charge on any atom is -0.382 e. The van der Waals surface area contributed by atoms with Gasteiger partial charge in [-0.15, -0.1) is 0 Å². The Morgan fingerprint density at radius 3 is 2.65 bits per heavy atom. The van der Waals surface area contributed by atoms with Crippen LogP contribution in [0.1, 0.15) is 32.1 Å². The number of nitrogen functional groups attached to an aromatic ring is 1. The second-order valence-electron chi connectivity index (χ2n) is 5.52. The minimum absolute atomic E-state index is 0.632. The summed E-state index contributed by atoms with van der Waals surface area (Å²) in [6, 6.07) is 10.3. The third-order valence-corrected chi connectivity index (χ3v) is 4.88. The van der Waals surface area contributed by atoms with Crippen molar-refractivity contribution in [3.8, 4) is 11.1 Å². The van der Waals surface area contributed by atoms with E-state index in [9.17, 15) is 0 Å². The summed E-state index contributed by atoms with van der Waals surface area (Å²) in [5.41, 5.74) is 8.25. The molecule has 3 N–H and O–H groups in total. The van der Waals surface area contributed by atoms with E-state index >= 15 is 0 Å². The fraction of sp³-hybridized carbons (Fsp3) is 0.438. The Kier molecular flexibility index (Phi) is 4.21. The van der Waals surface area contributed by atoms with Gasteiger partial charge in [0.15, 0.2) is 0 Å². The summed E-state index contributed by atoms with van der Waals surface area (Å²) in [6.07, 6.45) is 6.86. The molecule has 0 amide bonds. The van der Waals surface area contributed by atoms with Crippen LogP contribution in [0.15, 0.2) is 30.3 Å². The lowest BCUT2D eigenvalue weighted by atomic mass is 9.89. The van der Waals surface area contributed by atoms with Gasteiger partial charge in [-0.3, -0.25) is 0 Å². The first-order valence-electron chi connectivity index (χ1n) is 7.39. The molecule has 0 saturated heterocycles. The first kappa shape index (κ1) is 13.4. The Morgan fingerprint density at radius 2 is 1.90 bits per heavy atom. The summed E-state index contributed by atoms with van der Waals surface area (Å²) in [5.74, 6) is 1.43. The number of aromatic nitrogens is 1. The SMILES string of the molecule is Nc1nsc(NCC2CCCCC2)c1-c1ccccc1. The Morgan fingerprint density at radius 1 is 1.15 bits per heavy atom. The zero-order valence-corrected chi connectivity index (χ0v) is 12.5. The van der Waals surface area contributed by atoms with E-state index in [1.807, 2.05) is 18.2 Å². The minimum atomic E-state index is 0.632. The lowest BCUT2D eigenvalue weighted by molar-refractivity contribution is 0.373. The van der Waals surface area contributed by atoms with Gasteiger partial charge in [0, 0.05) is 6.54 Å². The van der Waals surface area contributed by atoms with Crippen molar-refractivity contribution in [2.75, 3.05) is 17.6 Å². The zero-order chi connectivity index (χ0) is 13.8. The van der Waals surface area contributed by atoms with Gasteiger partial charge in [-0.25, -0.2) is 0 Å². The molecular weight excluding hydrogens is 266 g/mol. The summed E-state index contributed by atoms with van der Waals surface area (Å²) < 4.78 is 4.31. The molecule has 20 heavy (non-hydrogen) atoms. The van der Waals surface area contributed by atoms with Crippen LogP contribution in [0.25, 0.3) is 11.1 Å². The normalized spacial score (nSPS) is 16.2. The van der Waals surface area contributed by atoms with E-state index in [2.05, 4.69) is 21.8 Å². The van der Waals surface area contributed by atoms with E-state index in [-0.39, 0.29) is 0 Å². The van der Waals surface area contributed by atoms with Crippen molar-refractivity contribution < 1.29 is 0 Å². The molecule has 1 aliphatic carbocycles. The van der Waals surface area contributed by atoms with Gasteiger partial charge in [0.1, 0.15) is 10.8 Å². The number of hydrogen-bond donors (Lipinski definition) is 2. The molecule has 1 heterocycles. The number of anilines is 2. The van der Waals surface area contributed by atoms with Crippen molar-refractivity contribution in [3.63, 3.8) is 0 Å². The Hall–Kier alpha value is -1.55. The lowest BCUT2D eigenvalue weighted by Crippen LogP contribution is -2.16. The Balaban J connectivity index is 1.74. The third-order valence-electron chi connectivity index (χ3n) is 4.06. The fourth-order valence-electron chi connectivity index (χ4n) is 2.94. The van der Waals surface area contributed by atoms with Crippen molar-refractivity contribution in [3.05, 3.63) is 30.3 Å². The summed E-state index contributed by atoms with van der Waals surface area (Å²) in [6.45, 7) is 1.04. The molecule has 1 fully saturated rings. The molecule has 0 spiro atoms. The average molecular weight is 287 g/mol. The maximum Gasteiger partial charge on any atom is 0.147 e. The number of hydrogen-bond acceptors (Lipinski definition) is 4. The maximum absolute atomic E-state index is 6.04. The number of benzene rings is 1. The first-order chi connectivity index (χ1) is 9.84. The Labute approximate surface area is 124 Å². The quantitative estimate of drug-likeness (QED) is 0.877. The summed E-state index contributed by atoms with van der Waals surface area (Å²) >= 11 is 1.47. The van der Waals surface area contributed by atoms with Crippen LogP contribution in [0, 0.1) is 5.92 Å². The predicted molar refractivity (Wildman–Crippen MR) is 87.0 cm³/mol. The third kappa shape index (κ3) is 2.96. The predicted octanol–water partition coefficient (Wildman–Crippen LogP) is 4.38. The molecule has 3 rings (SSSR count). The standard InChI is InChI=1S/C16H21N3S/c17-15-14(13-9-5-2-6-10-13)16(20-19-15)18-11-12-7-3-1-4-8-12/h2,5-6,9-10,12,18H,1,3-4,7-8,11H2,(H2,17,19). The second kappa shape index (κ2) is 6.27. The van der Waals surface area contributed by atoms with Crippen molar-refractivity contribution in [2.45, 2.75) is 32.1 Å². The van der Waals surface area contributed by atoms with Crippen LogP contribution in [0.5, 0.6) is 0 Å². The van der Waals surface area contributed by atoms with Gasteiger partial charge in [0.2, 0.25) is 0 Å². The van der Waals surface area contributed by atoms with Gasteiger partial charge >= 0.3 is 0 Å². The van der Waals surface area contributed by atoms with Gasteiger partial charge in [-0.1, -0.05) is 49.6 Å². The van der Waals surface area contributed by atoms with Crippen molar-refractivity contribution in [1.29, 1.82) is 0 Å². The first-order valence-corrected chi connectivity index (χ1v) is 8.16.